The first-order valence-corrected chi connectivity index (χ1v) is 6.48. The van der Waals surface area contributed by atoms with E-state index in [1.807, 2.05) is 41.3 Å². The van der Waals surface area contributed by atoms with E-state index >= 15 is 0 Å². The Labute approximate surface area is 113 Å². The van der Waals surface area contributed by atoms with E-state index in [0.717, 1.165) is 12.0 Å². The van der Waals surface area contributed by atoms with Gasteiger partial charge in [-0.05, 0) is 30.7 Å². The van der Waals surface area contributed by atoms with E-state index in [-0.39, 0.29) is 5.91 Å². The average molecular weight is 257 g/mol. The molecule has 100 valence electrons. The van der Waals surface area contributed by atoms with Crippen molar-refractivity contribution in [3.05, 3.63) is 59.9 Å². The number of benzene rings is 1. The van der Waals surface area contributed by atoms with Crippen LogP contribution in [-0.2, 0) is 6.54 Å². The standard InChI is InChI=1S/C15H19N3O/c16-9-5-11-18(12-13-6-2-1-3-7-13)15(19)14-8-4-10-17-14/h1-4,6-8,10,17H,5,9,11-12,16H2. The maximum atomic E-state index is 12.4. The molecule has 0 aliphatic heterocycles. The highest BCUT2D eigenvalue weighted by Crippen LogP contribution is 2.09. The van der Waals surface area contributed by atoms with E-state index in [2.05, 4.69) is 4.98 Å². The van der Waals surface area contributed by atoms with E-state index in [0.29, 0.717) is 25.3 Å². The summed E-state index contributed by atoms with van der Waals surface area (Å²) in [6.07, 6.45) is 2.57. The normalized spacial score (nSPS) is 10.4. The van der Waals surface area contributed by atoms with Crippen LogP contribution in [0.4, 0.5) is 0 Å². The minimum Gasteiger partial charge on any atom is -0.357 e. The molecule has 1 heterocycles. The van der Waals surface area contributed by atoms with Gasteiger partial charge in [0.15, 0.2) is 0 Å². The molecule has 0 saturated carbocycles. The van der Waals surface area contributed by atoms with Gasteiger partial charge >= 0.3 is 0 Å². The quantitative estimate of drug-likeness (QED) is 0.831. The number of nitrogens with one attached hydrogen (secondary N) is 1. The molecule has 0 spiro atoms. The highest BCUT2D eigenvalue weighted by molar-refractivity contribution is 5.92. The van der Waals surface area contributed by atoms with Crippen LogP contribution in [0.15, 0.2) is 48.7 Å². The number of H-pyrrole nitrogens is 1. The van der Waals surface area contributed by atoms with E-state index < -0.39 is 0 Å². The number of hydrogen-bond donors (Lipinski definition) is 2. The molecule has 0 bridgehead atoms. The number of carbonyl (C=O) groups is 1. The number of nitrogens with zero attached hydrogens (tertiary/aromatic N) is 1. The Morgan fingerprint density at radius 3 is 2.58 bits per heavy atom. The molecule has 1 aromatic heterocycles. The summed E-state index contributed by atoms with van der Waals surface area (Å²) in [5.74, 6) is 0.0160. The average Bonchev–Trinajstić information content (AvgIpc) is 2.98. The maximum absolute atomic E-state index is 12.4. The van der Waals surface area contributed by atoms with E-state index in [9.17, 15) is 4.79 Å². The molecule has 3 N–H and O–H groups in total. The summed E-state index contributed by atoms with van der Waals surface area (Å²) in [6.45, 7) is 1.87. The van der Waals surface area contributed by atoms with Gasteiger partial charge in [0.2, 0.25) is 0 Å². The monoisotopic (exact) mass is 257 g/mol. The lowest BCUT2D eigenvalue weighted by Crippen LogP contribution is -2.32. The molecule has 2 aromatic rings. The summed E-state index contributed by atoms with van der Waals surface area (Å²) >= 11 is 0. The minimum absolute atomic E-state index is 0.0160. The van der Waals surface area contributed by atoms with Crippen molar-refractivity contribution < 1.29 is 4.79 Å². The SMILES string of the molecule is NCCCN(Cc1ccccc1)C(=O)c1ccc[nH]1. The predicted octanol–water partition coefficient (Wildman–Crippen LogP) is 2.01. The molecule has 0 saturated heterocycles. The van der Waals surface area contributed by atoms with Crippen LogP contribution >= 0.6 is 0 Å². The molecular weight excluding hydrogens is 238 g/mol. The third-order valence-electron chi connectivity index (χ3n) is 2.96. The third kappa shape index (κ3) is 3.69. The second kappa shape index (κ2) is 6.75. The van der Waals surface area contributed by atoms with Crippen LogP contribution in [0, 0.1) is 0 Å². The number of rotatable bonds is 6. The van der Waals surface area contributed by atoms with E-state index in [4.69, 9.17) is 5.73 Å². The van der Waals surface area contributed by atoms with Crippen LogP contribution in [-0.4, -0.2) is 28.9 Å². The largest absolute Gasteiger partial charge is 0.357 e. The molecule has 0 fully saturated rings. The zero-order valence-electron chi connectivity index (χ0n) is 10.9. The van der Waals surface area contributed by atoms with Crippen molar-refractivity contribution in [3.8, 4) is 0 Å². The van der Waals surface area contributed by atoms with Gasteiger partial charge in [-0.1, -0.05) is 30.3 Å². The molecule has 0 aliphatic rings. The van der Waals surface area contributed by atoms with Gasteiger partial charge in [0, 0.05) is 19.3 Å². The smallest absolute Gasteiger partial charge is 0.270 e. The van der Waals surface area contributed by atoms with E-state index in [1.165, 1.54) is 0 Å². The molecule has 4 nitrogen and oxygen atoms in total. The fraction of sp³-hybridized carbons (Fsp3) is 0.267. The summed E-state index contributed by atoms with van der Waals surface area (Å²) in [4.78, 5) is 17.2. The molecular formula is C15H19N3O. The van der Waals surface area contributed by atoms with Crippen LogP contribution in [0.3, 0.4) is 0 Å². The molecule has 19 heavy (non-hydrogen) atoms. The van der Waals surface area contributed by atoms with Crippen molar-refractivity contribution in [1.29, 1.82) is 0 Å². The van der Waals surface area contributed by atoms with Gasteiger partial charge in [-0.3, -0.25) is 4.79 Å². The zero-order valence-corrected chi connectivity index (χ0v) is 10.9. The number of hydrogen-bond acceptors (Lipinski definition) is 2. The molecule has 0 atom stereocenters. The Morgan fingerprint density at radius 2 is 1.95 bits per heavy atom. The maximum Gasteiger partial charge on any atom is 0.270 e. The fourth-order valence-electron chi connectivity index (χ4n) is 1.97. The zero-order chi connectivity index (χ0) is 13.5. The van der Waals surface area contributed by atoms with Crippen LogP contribution in [0.25, 0.3) is 0 Å². The lowest BCUT2D eigenvalue weighted by atomic mass is 10.2. The third-order valence-corrected chi connectivity index (χ3v) is 2.96. The number of aromatic amines is 1. The lowest BCUT2D eigenvalue weighted by Gasteiger charge is -2.22. The van der Waals surface area contributed by atoms with Crippen LogP contribution < -0.4 is 5.73 Å². The van der Waals surface area contributed by atoms with E-state index in [1.54, 1.807) is 12.3 Å². The Balaban J connectivity index is 2.09. The Morgan fingerprint density at radius 1 is 1.16 bits per heavy atom. The molecule has 0 unspecified atom stereocenters. The molecule has 4 heteroatoms. The van der Waals surface area contributed by atoms with Crippen molar-refractivity contribution in [2.45, 2.75) is 13.0 Å². The van der Waals surface area contributed by atoms with Crippen molar-refractivity contribution in [1.82, 2.24) is 9.88 Å². The summed E-state index contributed by atoms with van der Waals surface area (Å²) in [5, 5.41) is 0. The van der Waals surface area contributed by atoms with Crippen molar-refractivity contribution in [3.63, 3.8) is 0 Å². The summed E-state index contributed by atoms with van der Waals surface area (Å²) in [7, 11) is 0. The Hall–Kier alpha value is -2.07. The van der Waals surface area contributed by atoms with Crippen LogP contribution in [0.1, 0.15) is 22.5 Å². The highest BCUT2D eigenvalue weighted by Gasteiger charge is 2.16. The van der Waals surface area contributed by atoms with Gasteiger partial charge < -0.3 is 15.6 Å². The Kier molecular flexibility index (Phi) is 4.75. The number of nitrogens with two attached hydrogens (primary N) is 1. The summed E-state index contributed by atoms with van der Waals surface area (Å²) < 4.78 is 0. The fourth-order valence-corrected chi connectivity index (χ4v) is 1.97. The molecule has 0 radical (unpaired) electrons. The van der Waals surface area contributed by atoms with Crippen LogP contribution in [0.5, 0.6) is 0 Å². The first kappa shape index (κ1) is 13.4. The van der Waals surface area contributed by atoms with Gasteiger partial charge in [0.1, 0.15) is 5.69 Å². The first-order chi connectivity index (χ1) is 9.31. The van der Waals surface area contributed by atoms with Crippen molar-refractivity contribution in [2.24, 2.45) is 5.73 Å². The highest BCUT2D eigenvalue weighted by atomic mass is 16.2. The Bertz CT molecular complexity index is 493. The molecule has 1 amide bonds. The first-order valence-electron chi connectivity index (χ1n) is 6.48. The number of carbonyl (C=O) groups excluding carboxylic acids is 1. The second-order valence-corrected chi connectivity index (χ2v) is 4.44. The number of amides is 1. The van der Waals surface area contributed by atoms with Crippen molar-refractivity contribution >= 4 is 5.91 Å². The minimum atomic E-state index is 0.0160. The molecule has 1 aromatic carbocycles. The lowest BCUT2D eigenvalue weighted by molar-refractivity contribution is 0.0737. The van der Waals surface area contributed by atoms with Crippen molar-refractivity contribution in [2.75, 3.05) is 13.1 Å². The summed E-state index contributed by atoms with van der Waals surface area (Å²) in [6, 6.07) is 13.6. The van der Waals surface area contributed by atoms with Gasteiger partial charge in [-0.2, -0.15) is 0 Å². The predicted molar refractivity (Wildman–Crippen MR) is 75.6 cm³/mol. The topological polar surface area (TPSA) is 62.1 Å². The van der Waals surface area contributed by atoms with Gasteiger partial charge in [0.05, 0.1) is 0 Å². The van der Waals surface area contributed by atoms with Gasteiger partial charge in [-0.25, -0.2) is 0 Å². The van der Waals surface area contributed by atoms with Gasteiger partial charge in [-0.15, -0.1) is 0 Å². The molecule has 0 aliphatic carbocycles. The molecule has 2 rings (SSSR count). The number of aromatic nitrogens is 1. The summed E-state index contributed by atoms with van der Waals surface area (Å²) in [5.41, 5.74) is 7.29. The van der Waals surface area contributed by atoms with Crippen LogP contribution in [0.2, 0.25) is 0 Å². The van der Waals surface area contributed by atoms with Gasteiger partial charge in [0.25, 0.3) is 5.91 Å². The second-order valence-electron chi connectivity index (χ2n) is 4.44.